The van der Waals surface area contributed by atoms with Crippen molar-refractivity contribution in [2.24, 2.45) is 0 Å². The number of likely N-dealkylation sites (tertiary alicyclic amines) is 1. The summed E-state index contributed by atoms with van der Waals surface area (Å²) >= 11 is 0. The van der Waals surface area contributed by atoms with Gasteiger partial charge in [-0.25, -0.2) is 4.39 Å². The Hall–Kier alpha value is -2.88. The molecule has 9 heteroatoms. The maximum absolute atomic E-state index is 14.8. The van der Waals surface area contributed by atoms with Crippen LogP contribution in [-0.2, 0) is 24.2 Å². The lowest BCUT2D eigenvalue weighted by Gasteiger charge is -2.39. The first kappa shape index (κ1) is 22.6. The van der Waals surface area contributed by atoms with Gasteiger partial charge in [-0.2, -0.15) is 0 Å². The van der Waals surface area contributed by atoms with E-state index in [-0.39, 0.29) is 29.4 Å². The van der Waals surface area contributed by atoms with Crippen molar-refractivity contribution in [1.82, 2.24) is 24.8 Å². The third-order valence-electron chi connectivity index (χ3n) is 7.63. The molecule has 1 fully saturated rings. The number of piperidine rings is 1. The van der Waals surface area contributed by atoms with E-state index in [0.29, 0.717) is 36.2 Å². The highest BCUT2D eigenvalue weighted by atomic mass is 19.1. The number of aromatic nitrogens is 3. The van der Waals surface area contributed by atoms with E-state index in [1.807, 2.05) is 6.20 Å². The van der Waals surface area contributed by atoms with Crippen molar-refractivity contribution in [3.8, 4) is 5.75 Å². The highest BCUT2D eigenvalue weighted by Gasteiger charge is 2.34. The number of hydrogen-bond donors (Lipinski definition) is 1. The molecule has 184 valence electrons. The molecule has 0 aromatic carbocycles. The van der Waals surface area contributed by atoms with Crippen LogP contribution in [0.5, 0.6) is 5.75 Å². The van der Waals surface area contributed by atoms with Gasteiger partial charge in [-0.05, 0) is 43.5 Å². The molecule has 3 atom stereocenters. The maximum Gasteiger partial charge on any atom is 0.251 e. The monoisotopic (exact) mass is 479 g/mol. The molecule has 3 aliphatic heterocycles. The third kappa shape index (κ3) is 4.22. The minimum absolute atomic E-state index is 0.0125. The van der Waals surface area contributed by atoms with Crippen molar-refractivity contribution in [2.45, 2.75) is 50.4 Å². The zero-order valence-corrected chi connectivity index (χ0v) is 19.9. The first-order valence-electron chi connectivity index (χ1n) is 12.4. The van der Waals surface area contributed by atoms with Crippen molar-refractivity contribution in [1.29, 1.82) is 0 Å². The molecule has 0 amide bonds. The van der Waals surface area contributed by atoms with Crippen LogP contribution in [0.2, 0.25) is 0 Å². The van der Waals surface area contributed by atoms with Crippen LogP contribution in [0.3, 0.4) is 0 Å². The van der Waals surface area contributed by atoms with Crippen molar-refractivity contribution >= 4 is 11.0 Å². The molecule has 1 N–H and O–H groups in total. The zero-order chi connectivity index (χ0) is 23.9. The molecule has 3 aliphatic rings. The number of methoxy groups -OCH3 is 1. The highest BCUT2D eigenvalue weighted by molar-refractivity contribution is 5.80. The summed E-state index contributed by atoms with van der Waals surface area (Å²) in [6, 6.07) is 5.55. The summed E-state index contributed by atoms with van der Waals surface area (Å²) in [6.45, 7) is 4.23. The van der Waals surface area contributed by atoms with Gasteiger partial charge in [0.15, 0.2) is 0 Å². The predicted octanol–water partition coefficient (Wildman–Crippen LogP) is 2.23. The van der Waals surface area contributed by atoms with Crippen molar-refractivity contribution < 1.29 is 13.9 Å². The minimum Gasteiger partial charge on any atom is -0.492 e. The molecule has 3 aromatic rings. The third-order valence-corrected chi connectivity index (χ3v) is 7.63. The quantitative estimate of drug-likeness (QED) is 0.581. The van der Waals surface area contributed by atoms with Crippen molar-refractivity contribution in [3.63, 3.8) is 0 Å². The van der Waals surface area contributed by atoms with E-state index in [1.54, 1.807) is 17.7 Å². The van der Waals surface area contributed by atoms with Crippen LogP contribution >= 0.6 is 0 Å². The van der Waals surface area contributed by atoms with Crippen LogP contribution in [0.25, 0.3) is 11.0 Å². The number of halogens is 1. The Balaban J connectivity index is 1.11. The van der Waals surface area contributed by atoms with Gasteiger partial charge in [-0.3, -0.25) is 19.7 Å². The van der Waals surface area contributed by atoms with Gasteiger partial charge < -0.3 is 19.4 Å². The molecular weight excluding hydrogens is 449 g/mol. The van der Waals surface area contributed by atoms with Gasteiger partial charge in [0, 0.05) is 56.9 Å². The summed E-state index contributed by atoms with van der Waals surface area (Å²) in [5, 5.41) is 3.64. The average molecular weight is 480 g/mol. The van der Waals surface area contributed by atoms with E-state index in [1.165, 1.54) is 17.8 Å². The lowest BCUT2D eigenvalue weighted by Crippen LogP contribution is -2.54. The van der Waals surface area contributed by atoms with E-state index >= 15 is 0 Å². The Morgan fingerprint density at radius 3 is 3.06 bits per heavy atom. The van der Waals surface area contributed by atoms with E-state index in [2.05, 4.69) is 26.3 Å². The SMILES string of the molecule is CO[C@@H]1CN(CC2Cn3c(=O)ccc4ncc(F)c2c43)CC[C@@H]1NCc1cc2c(cn1)OCCC2. The topological polar surface area (TPSA) is 81.5 Å². The molecule has 1 saturated heterocycles. The largest absolute Gasteiger partial charge is 0.492 e. The smallest absolute Gasteiger partial charge is 0.251 e. The van der Waals surface area contributed by atoms with Gasteiger partial charge in [0.25, 0.3) is 5.56 Å². The van der Waals surface area contributed by atoms with Gasteiger partial charge in [-0.15, -0.1) is 0 Å². The fraction of sp³-hybridized carbons (Fsp3) is 0.500. The first-order chi connectivity index (χ1) is 17.1. The predicted molar refractivity (Wildman–Crippen MR) is 129 cm³/mol. The Kier molecular flexibility index (Phi) is 5.99. The molecule has 8 nitrogen and oxygen atoms in total. The van der Waals surface area contributed by atoms with Crippen LogP contribution < -0.4 is 15.6 Å². The molecular formula is C26H30FN5O3. The fourth-order valence-corrected chi connectivity index (χ4v) is 5.86. The number of nitrogens with one attached hydrogen (secondary N) is 1. The Bertz CT molecular complexity index is 1310. The van der Waals surface area contributed by atoms with Crippen molar-refractivity contribution in [2.75, 3.05) is 33.4 Å². The molecule has 0 spiro atoms. The van der Waals surface area contributed by atoms with Gasteiger partial charge >= 0.3 is 0 Å². The van der Waals surface area contributed by atoms with Crippen molar-refractivity contribution in [3.05, 3.63) is 63.6 Å². The molecule has 6 heterocycles. The van der Waals surface area contributed by atoms with Crippen LogP contribution in [0.1, 0.15) is 35.6 Å². The van der Waals surface area contributed by atoms with Gasteiger partial charge in [0.1, 0.15) is 11.6 Å². The lowest BCUT2D eigenvalue weighted by molar-refractivity contribution is 0.00324. The van der Waals surface area contributed by atoms with Crippen LogP contribution in [0, 0.1) is 5.82 Å². The summed E-state index contributed by atoms with van der Waals surface area (Å²) < 4.78 is 28.0. The fourth-order valence-electron chi connectivity index (χ4n) is 5.86. The summed E-state index contributed by atoms with van der Waals surface area (Å²) in [6.07, 6.45) is 6.12. The molecule has 3 aromatic heterocycles. The summed E-state index contributed by atoms with van der Waals surface area (Å²) in [4.78, 5) is 23.5. The number of pyridine rings is 3. The van der Waals surface area contributed by atoms with Gasteiger partial charge in [0.05, 0.1) is 41.8 Å². The van der Waals surface area contributed by atoms with Crippen LogP contribution in [-0.4, -0.2) is 64.9 Å². The molecule has 0 saturated carbocycles. The van der Waals surface area contributed by atoms with Crippen LogP contribution in [0.15, 0.2) is 35.4 Å². The molecule has 0 bridgehead atoms. The van der Waals surface area contributed by atoms with E-state index in [0.717, 1.165) is 50.4 Å². The van der Waals surface area contributed by atoms with E-state index < -0.39 is 0 Å². The second-order valence-electron chi connectivity index (χ2n) is 9.78. The maximum atomic E-state index is 14.8. The second kappa shape index (κ2) is 9.29. The molecule has 0 radical (unpaired) electrons. The van der Waals surface area contributed by atoms with Gasteiger partial charge in [-0.1, -0.05) is 0 Å². The van der Waals surface area contributed by atoms with Gasteiger partial charge in [0.2, 0.25) is 0 Å². The van der Waals surface area contributed by atoms with Crippen LogP contribution in [0.4, 0.5) is 4.39 Å². The number of nitrogens with zero attached hydrogens (tertiary/aromatic N) is 4. The number of hydrogen-bond acceptors (Lipinski definition) is 7. The normalized spacial score (nSPS) is 23.9. The highest BCUT2D eigenvalue weighted by Crippen LogP contribution is 2.34. The summed E-state index contributed by atoms with van der Waals surface area (Å²) in [7, 11) is 1.74. The Morgan fingerprint density at radius 1 is 1.26 bits per heavy atom. The summed E-state index contributed by atoms with van der Waals surface area (Å²) in [5.41, 5.74) is 4.07. The van der Waals surface area contributed by atoms with E-state index in [4.69, 9.17) is 9.47 Å². The minimum atomic E-state index is -0.331. The number of ether oxygens (including phenoxy) is 2. The van der Waals surface area contributed by atoms with E-state index in [9.17, 15) is 9.18 Å². The number of aryl methyl sites for hydroxylation is 1. The second-order valence-corrected chi connectivity index (χ2v) is 9.78. The average Bonchev–Trinajstić information content (AvgIpc) is 3.27. The number of fused-ring (bicyclic) bond motifs is 1. The molecule has 0 aliphatic carbocycles. The first-order valence-corrected chi connectivity index (χ1v) is 12.4. The Labute approximate surface area is 203 Å². The number of rotatable bonds is 6. The molecule has 35 heavy (non-hydrogen) atoms. The molecule has 6 rings (SSSR count). The lowest BCUT2D eigenvalue weighted by atomic mass is 9.96. The zero-order valence-electron chi connectivity index (χ0n) is 19.9. The Morgan fingerprint density at radius 2 is 2.17 bits per heavy atom. The summed E-state index contributed by atoms with van der Waals surface area (Å²) in [5.74, 6) is 0.490. The molecule has 1 unspecified atom stereocenters. The standard InChI is InChI=1S/C26H30FN5O3/c1-34-23-15-31(7-6-20(23)29-10-18-9-16-3-2-8-35-22(16)12-28-18)13-17-14-32-24(33)5-4-21-26(32)25(17)19(27)11-30-21/h4-5,9,11-12,17,20,23,29H,2-3,6-8,10,13-15H2,1H3/t17?,20-,23+/m0/s1.